The van der Waals surface area contributed by atoms with Gasteiger partial charge in [-0.3, -0.25) is 4.99 Å². The smallest absolute Gasteiger partial charge is 0.191 e. The van der Waals surface area contributed by atoms with E-state index < -0.39 is 0 Å². The van der Waals surface area contributed by atoms with Crippen molar-refractivity contribution in [2.75, 3.05) is 27.8 Å². The summed E-state index contributed by atoms with van der Waals surface area (Å²) in [6.45, 7) is 5.75. The van der Waals surface area contributed by atoms with Crippen molar-refractivity contribution in [1.82, 2.24) is 10.6 Å². The lowest BCUT2D eigenvalue weighted by atomic mass is 9.99. The number of aliphatic imine (C=N–C) groups is 1. The van der Waals surface area contributed by atoms with Crippen molar-refractivity contribution in [3.05, 3.63) is 59.2 Å². The number of guanidine groups is 1. The maximum atomic E-state index is 5.44. The molecule has 0 fully saturated rings. The van der Waals surface area contributed by atoms with Crippen LogP contribution in [-0.4, -0.2) is 33.8 Å². The third-order valence-electron chi connectivity index (χ3n) is 4.35. The lowest BCUT2D eigenvalue weighted by Crippen LogP contribution is -2.38. The van der Waals surface area contributed by atoms with Crippen LogP contribution >= 0.6 is 0 Å². The van der Waals surface area contributed by atoms with Gasteiger partial charge in [-0.15, -0.1) is 0 Å². The van der Waals surface area contributed by atoms with E-state index in [2.05, 4.69) is 53.7 Å². The van der Waals surface area contributed by atoms with Crippen molar-refractivity contribution < 1.29 is 9.47 Å². The van der Waals surface area contributed by atoms with Crippen LogP contribution in [0.4, 0.5) is 0 Å². The van der Waals surface area contributed by atoms with Crippen LogP contribution in [0.1, 0.15) is 29.5 Å². The van der Waals surface area contributed by atoms with Gasteiger partial charge in [0.1, 0.15) is 11.5 Å². The topological polar surface area (TPSA) is 54.9 Å². The predicted octanol–water partition coefficient (Wildman–Crippen LogP) is 3.48. The fraction of sp³-hybridized carbons (Fsp3) is 0.381. The van der Waals surface area contributed by atoms with Gasteiger partial charge in [-0.2, -0.15) is 0 Å². The molecule has 0 aliphatic heterocycles. The Hall–Kier alpha value is -2.69. The van der Waals surface area contributed by atoms with E-state index in [9.17, 15) is 0 Å². The minimum absolute atomic E-state index is 0.393. The second-order valence-electron chi connectivity index (χ2n) is 6.30. The van der Waals surface area contributed by atoms with Crippen molar-refractivity contribution in [3.8, 4) is 11.5 Å². The van der Waals surface area contributed by atoms with Crippen molar-refractivity contribution in [2.24, 2.45) is 4.99 Å². The van der Waals surface area contributed by atoms with Crippen LogP contribution in [0.3, 0.4) is 0 Å². The highest BCUT2D eigenvalue weighted by Crippen LogP contribution is 2.24. The highest BCUT2D eigenvalue weighted by Gasteiger charge is 2.09. The summed E-state index contributed by atoms with van der Waals surface area (Å²) in [5.41, 5.74) is 3.65. The van der Waals surface area contributed by atoms with Crippen LogP contribution in [0.25, 0.3) is 0 Å². The second kappa shape index (κ2) is 9.70. The van der Waals surface area contributed by atoms with Crippen molar-refractivity contribution >= 4 is 5.96 Å². The van der Waals surface area contributed by atoms with Gasteiger partial charge in [-0.25, -0.2) is 0 Å². The summed E-state index contributed by atoms with van der Waals surface area (Å²) in [6.07, 6.45) is 0. The molecular weight excluding hydrogens is 326 g/mol. The summed E-state index contributed by atoms with van der Waals surface area (Å²) < 4.78 is 10.7. The molecule has 26 heavy (non-hydrogen) atoms. The zero-order valence-electron chi connectivity index (χ0n) is 16.3. The number of hydrogen-bond donors (Lipinski definition) is 2. The van der Waals surface area contributed by atoms with Crippen LogP contribution in [0.5, 0.6) is 11.5 Å². The largest absolute Gasteiger partial charge is 0.497 e. The third kappa shape index (κ3) is 5.41. The summed E-state index contributed by atoms with van der Waals surface area (Å²) in [6, 6.07) is 14.4. The molecule has 0 saturated heterocycles. The van der Waals surface area contributed by atoms with E-state index in [1.165, 1.54) is 11.1 Å². The van der Waals surface area contributed by atoms with Crippen LogP contribution < -0.4 is 20.1 Å². The standard InChI is InChI=1S/C21H29N3O2/c1-15-7-6-8-17(11-15)16(2)13-23-21(22-3)24-14-18-9-10-19(25-4)12-20(18)26-5/h6-12,16H,13-14H2,1-5H3,(H2,22,23,24). The molecule has 0 amide bonds. The molecule has 1 atom stereocenters. The van der Waals surface area contributed by atoms with Crippen molar-refractivity contribution in [1.29, 1.82) is 0 Å². The van der Waals surface area contributed by atoms with Gasteiger partial charge in [0.05, 0.1) is 14.2 Å². The highest BCUT2D eigenvalue weighted by atomic mass is 16.5. The number of nitrogens with zero attached hydrogens (tertiary/aromatic N) is 1. The molecule has 0 spiro atoms. The number of benzene rings is 2. The summed E-state index contributed by atoms with van der Waals surface area (Å²) in [5, 5.41) is 6.72. The molecule has 0 saturated carbocycles. The molecule has 2 aromatic carbocycles. The number of rotatable bonds is 7. The minimum atomic E-state index is 0.393. The van der Waals surface area contributed by atoms with Crippen LogP contribution in [-0.2, 0) is 6.54 Å². The Morgan fingerprint density at radius 1 is 1.08 bits per heavy atom. The fourth-order valence-electron chi connectivity index (χ4n) is 2.74. The van der Waals surface area contributed by atoms with Crippen molar-refractivity contribution in [3.63, 3.8) is 0 Å². The monoisotopic (exact) mass is 355 g/mol. The molecule has 2 N–H and O–H groups in total. The van der Waals surface area contributed by atoms with Crippen molar-refractivity contribution in [2.45, 2.75) is 26.3 Å². The van der Waals surface area contributed by atoms with Crippen LogP contribution in [0, 0.1) is 6.92 Å². The second-order valence-corrected chi connectivity index (χ2v) is 6.30. The van der Waals surface area contributed by atoms with Gasteiger partial charge in [0.15, 0.2) is 5.96 Å². The number of aryl methyl sites for hydroxylation is 1. The quantitative estimate of drug-likeness (QED) is 0.590. The minimum Gasteiger partial charge on any atom is -0.497 e. The summed E-state index contributed by atoms with van der Waals surface area (Å²) in [5.74, 6) is 2.73. The summed E-state index contributed by atoms with van der Waals surface area (Å²) in [4.78, 5) is 4.30. The third-order valence-corrected chi connectivity index (χ3v) is 4.35. The van der Waals surface area contributed by atoms with Gasteiger partial charge in [0.25, 0.3) is 0 Å². The zero-order valence-corrected chi connectivity index (χ0v) is 16.3. The Balaban J connectivity index is 1.92. The first-order valence-corrected chi connectivity index (χ1v) is 8.79. The fourth-order valence-corrected chi connectivity index (χ4v) is 2.74. The average molecular weight is 355 g/mol. The number of hydrogen-bond acceptors (Lipinski definition) is 3. The van der Waals surface area contributed by atoms with E-state index in [1.807, 2.05) is 18.2 Å². The van der Waals surface area contributed by atoms with Crippen LogP contribution in [0.15, 0.2) is 47.5 Å². The Morgan fingerprint density at radius 3 is 2.54 bits per heavy atom. The summed E-state index contributed by atoms with van der Waals surface area (Å²) in [7, 11) is 5.08. The van der Waals surface area contributed by atoms with E-state index in [-0.39, 0.29) is 0 Å². The molecule has 0 heterocycles. The van der Waals surface area contributed by atoms with Gasteiger partial charge < -0.3 is 20.1 Å². The Morgan fingerprint density at radius 2 is 1.88 bits per heavy atom. The molecule has 1 unspecified atom stereocenters. The maximum absolute atomic E-state index is 5.44. The lowest BCUT2D eigenvalue weighted by molar-refractivity contribution is 0.390. The molecule has 5 heteroatoms. The molecule has 0 radical (unpaired) electrons. The number of nitrogens with one attached hydrogen (secondary N) is 2. The van der Waals surface area contributed by atoms with E-state index >= 15 is 0 Å². The molecule has 0 aromatic heterocycles. The Labute approximate surface area is 156 Å². The highest BCUT2D eigenvalue weighted by molar-refractivity contribution is 5.79. The average Bonchev–Trinajstić information content (AvgIpc) is 2.67. The number of methoxy groups -OCH3 is 2. The molecule has 2 aromatic rings. The molecule has 0 aliphatic rings. The normalized spacial score (nSPS) is 12.4. The molecule has 140 valence electrons. The summed E-state index contributed by atoms with van der Waals surface area (Å²) >= 11 is 0. The molecule has 2 rings (SSSR count). The van der Waals surface area contributed by atoms with Gasteiger partial charge in [0.2, 0.25) is 0 Å². The van der Waals surface area contributed by atoms with E-state index in [4.69, 9.17) is 9.47 Å². The first-order valence-electron chi connectivity index (χ1n) is 8.79. The molecular formula is C21H29N3O2. The SMILES string of the molecule is CN=C(NCc1ccc(OC)cc1OC)NCC(C)c1cccc(C)c1. The van der Waals surface area contributed by atoms with Gasteiger partial charge in [-0.1, -0.05) is 36.8 Å². The number of ether oxygens (including phenoxy) is 2. The first-order chi connectivity index (χ1) is 12.6. The van der Waals surface area contributed by atoms with E-state index in [1.54, 1.807) is 21.3 Å². The predicted molar refractivity (Wildman–Crippen MR) is 107 cm³/mol. The van der Waals surface area contributed by atoms with E-state index in [0.717, 1.165) is 29.6 Å². The first kappa shape index (κ1) is 19.6. The van der Waals surface area contributed by atoms with Gasteiger partial charge >= 0.3 is 0 Å². The Bertz CT molecular complexity index is 744. The van der Waals surface area contributed by atoms with Gasteiger partial charge in [-0.05, 0) is 30.5 Å². The maximum Gasteiger partial charge on any atom is 0.191 e. The van der Waals surface area contributed by atoms with E-state index in [0.29, 0.717) is 12.5 Å². The molecule has 0 bridgehead atoms. The Kier molecular flexibility index (Phi) is 7.33. The van der Waals surface area contributed by atoms with Gasteiger partial charge in [0, 0.05) is 31.8 Å². The molecule has 5 nitrogen and oxygen atoms in total. The zero-order chi connectivity index (χ0) is 18.9. The molecule has 0 aliphatic carbocycles. The lowest BCUT2D eigenvalue weighted by Gasteiger charge is -2.17. The van der Waals surface area contributed by atoms with Crippen LogP contribution in [0.2, 0.25) is 0 Å².